The molecule has 2 fully saturated rings. The van der Waals surface area contributed by atoms with E-state index in [1.54, 1.807) is 0 Å². The molecule has 0 aliphatic heterocycles. The first-order chi connectivity index (χ1) is 16.0. The summed E-state index contributed by atoms with van der Waals surface area (Å²) in [6, 6.07) is 15.9. The van der Waals surface area contributed by atoms with Gasteiger partial charge >= 0.3 is 0 Å². The van der Waals surface area contributed by atoms with Crippen molar-refractivity contribution in [3.05, 3.63) is 65.2 Å². The molecule has 0 spiro atoms. The first-order valence-electron chi connectivity index (χ1n) is 12.6. The fourth-order valence-electron chi connectivity index (χ4n) is 7.30. The van der Waals surface area contributed by atoms with Gasteiger partial charge < -0.3 is 10.4 Å². The number of phenols is 1. The fourth-order valence-corrected chi connectivity index (χ4v) is 7.30. The van der Waals surface area contributed by atoms with Crippen LogP contribution in [0, 0.1) is 23.2 Å². The molecule has 33 heavy (non-hydrogen) atoms. The molecule has 2 N–H and O–H groups in total. The second-order valence-corrected chi connectivity index (χ2v) is 10.7. The number of amides is 1. The van der Waals surface area contributed by atoms with E-state index in [0.717, 1.165) is 44.1 Å². The van der Waals surface area contributed by atoms with Gasteiger partial charge in [0.05, 0.1) is 0 Å². The number of carbonyl (C=O) groups is 2. The molecule has 3 unspecified atom stereocenters. The molecule has 1 amide bonds. The Balaban J connectivity index is 1.23. The Morgan fingerprint density at radius 2 is 1.97 bits per heavy atom. The van der Waals surface area contributed by atoms with Crippen LogP contribution in [0.5, 0.6) is 5.75 Å². The molecule has 2 aromatic rings. The van der Waals surface area contributed by atoms with Crippen molar-refractivity contribution >= 4 is 11.7 Å². The quantitative estimate of drug-likeness (QED) is 0.614. The summed E-state index contributed by atoms with van der Waals surface area (Å²) >= 11 is 0. The lowest BCUT2D eigenvalue weighted by atomic mass is 9.54. The number of rotatable bonds is 6. The topological polar surface area (TPSA) is 66.4 Å². The number of benzene rings is 2. The molecule has 3 aliphatic carbocycles. The molecule has 174 valence electrons. The van der Waals surface area contributed by atoms with Gasteiger partial charge in [-0.1, -0.05) is 43.3 Å². The van der Waals surface area contributed by atoms with E-state index in [-0.39, 0.29) is 11.3 Å². The number of Topliss-reactive ketones (excluding diaryl/α,β-unsaturated/α-hetero) is 1. The van der Waals surface area contributed by atoms with Gasteiger partial charge in [0.1, 0.15) is 11.5 Å². The largest absolute Gasteiger partial charge is 0.508 e. The smallest absolute Gasteiger partial charge is 0.220 e. The molecule has 2 aromatic carbocycles. The normalized spacial score (nSPS) is 30.3. The lowest BCUT2D eigenvalue weighted by Crippen LogP contribution is -2.44. The van der Waals surface area contributed by atoms with Crippen LogP contribution in [-0.2, 0) is 22.6 Å². The molecule has 0 aromatic heterocycles. The van der Waals surface area contributed by atoms with Crippen molar-refractivity contribution in [2.24, 2.45) is 23.2 Å². The third-order valence-electron chi connectivity index (χ3n) is 8.87. The Morgan fingerprint density at radius 1 is 1.15 bits per heavy atom. The Morgan fingerprint density at radius 3 is 2.79 bits per heavy atom. The van der Waals surface area contributed by atoms with Crippen LogP contribution in [0.1, 0.15) is 74.5 Å². The third kappa shape index (κ3) is 4.20. The lowest BCUT2D eigenvalue weighted by Gasteiger charge is -2.50. The molecule has 0 saturated heterocycles. The summed E-state index contributed by atoms with van der Waals surface area (Å²) in [6.45, 7) is 2.79. The maximum absolute atomic E-state index is 13.1. The summed E-state index contributed by atoms with van der Waals surface area (Å²) in [5, 5.41) is 13.0. The van der Waals surface area contributed by atoms with Gasteiger partial charge in [-0.25, -0.2) is 0 Å². The zero-order chi connectivity index (χ0) is 23.0. The van der Waals surface area contributed by atoms with Crippen LogP contribution in [0.3, 0.4) is 0 Å². The Bertz CT molecular complexity index is 1030. The summed E-state index contributed by atoms with van der Waals surface area (Å²) in [4.78, 5) is 25.5. The van der Waals surface area contributed by atoms with Crippen LogP contribution in [0.4, 0.5) is 0 Å². The number of hydrogen-bond donors (Lipinski definition) is 2. The monoisotopic (exact) mass is 445 g/mol. The lowest BCUT2D eigenvalue weighted by molar-refractivity contribution is -0.129. The molecule has 5 atom stereocenters. The summed E-state index contributed by atoms with van der Waals surface area (Å²) in [5.41, 5.74) is 3.60. The number of carbonyl (C=O) groups excluding carboxylic acids is 2. The first-order valence-corrected chi connectivity index (χ1v) is 12.6. The summed E-state index contributed by atoms with van der Waals surface area (Å²) < 4.78 is 0. The van der Waals surface area contributed by atoms with Crippen molar-refractivity contribution in [3.8, 4) is 5.75 Å². The van der Waals surface area contributed by atoms with Crippen molar-refractivity contribution in [3.63, 3.8) is 0 Å². The molecule has 4 nitrogen and oxygen atoms in total. The van der Waals surface area contributed by atoms with E-state index in [2.05, 4.69) is 18.3 Å². The van der Waals surface area contributed by atoms with Gasteiger partial charge in [-0.3, -0.25) is 9.59 Å². The first kappa shape index (κ1) is 22.2. The van der Waals surface area contributed by atoms with E-state index >= 15 is 0 Å². The van der Waals surface area contributed by atoms with Gasteiger partial charge in [-0.2, -0.15) is 0 Å². The number of aryl methyl sites for hydroxylation is 1. The maximum Gasteiger partial charge on any atom is 0.220 e. The summed E-state index contributed by atoms with van der Waals surface area (Å²) in [5.74, 6) is 2.72. The minimum absolute atomic E-state index is 0.0962. The Kier molecular flexibility index (Phi) is 6.03. The SMILES string of the molecule is C[C@]12CCC3c4ccc(O)cc4CCC3C1[C@@H](CCCC(=O)NCc1ccccc1)CC2=O. The zero-order valence-corrected chi connectivity index (χ0v) is 19.6. The summed E-state index contributed by atoms with van der Waals surface area (Å²) in [6.07, 6.45) is 7.11. The average Bonchev–Trinajstić information content (AvgIpc) is 3.08. The van der Waals surface area contributed by atoms with Crippen molar-refractivity contribution in [1.82, 2.24) is 5.32 Å². The predicted octanol–water partition coefficient (Wildman–Crippen LogP) is 5.53. The number of fused-ring (bicyclic) bond motifs is 5. The van der Waals surface area contributed by atoms with Gasteiger partial charge in [-0.15, -0.1) is 0 Å². The third-order valence-corrected chi connectivity index (χ3v) is 8.87. The minimum atomic E-state index is -0.199. The molecule has 2 saturated carbocycles. The maximum atomic E-state index is 13.1. The van der Waals surface area contributed by atoms with E-state index in [4.69, 9.17) is 0 Å². The highest BCUT2D eigenvalue weighted by Gasteiger charge is 2.58. The molecule has 4 heteroatoms. The van der Waals surface area contributed by atoms with Gasteiger partial charge in [0, 0.05) is 24.8 Å². The van der Waals surface area contributed by atoms with E-state index in [0.29, 0.717) is 54.6 Å². The molecule has 3 aliphatic rings. The highest BCUT2D eigenvalue weighted by molar-refractivity contribution is 5.87. The van der Waals surface area contributed by atoms with Crippen LogP contribution < -0.4 is 5.32 Å². The number of nitrogens with one attached hydrogen (secondary N) is 1. The van der Waals surface area contributed by atoms with E-state index in [1.165, 1.54) is 11.1 Å². The average molecular weight is 446 g/mol. The molecule has 5 rings (SSSR count). The van der Waals surface area contributed by atoms with Crippen LogP contribution in [0.25, 0.3) is 0 Å². The Labute approximate surface area is 196 Å². The fraction of sp³-hybridized carbons (Fsp3) is 0.517. The Hall–Kier alpha value is -2.62. The number of ketones is 1. The van der Waals surface area contributed by atoms with Gasteiger partial charge in [0.2, 0.25) is 5.91 Å². The van der Waals surface area contributed by atoms with Crippen LogP contribution in [0.15, 0.2) is 48.5 Å². The zero-order valence-electron chi connectivity index (χ0n) is 19.6. The van der Waals surface area contributed by atoms with Crippen molar-refractivity contribution in [2.45, 2.75) is 70.8 Å². The highest BCUT2D eigenvalue weighted by atomic mass is 16.3. The molecular weight excluding hydrogens is 410 g/mol. The molecule has 0 radical (unpaired) electrons. The van der Waals surface area contributed by atoms with Crippen molar-refractivity contribution in [2.75, 3.05) is 0 Å². The van der Waals surface area contributed by atoms with Crippen LogP contribution >= 0.6 is 0 Å². The molecule has 0 bridgehead atoms. The van der Waals surface area contributed by atoms with Crippen LogP contribution in [-0.4, -0.2) is 16.8 Å². The second-order valence-electron chi connectivity index (χ2n) is 10.7. The predicted molar refractivity (Wildman–Crippen MR) is 129 cm³/mol. The number of aromatic hydroxyl groups is 1. The van der Waals surface area contributed by atoms with Gasteiger partial charge in [0.25, 0.3) is 0 Å². The number of hydrogen-bond acceptors (Lipinski definition) is 3. The second kappa shape index (κ2) is 8.96. The van der Waals surface area contributed by atoms with Gasteiger partial charge in [-0.05, 0) is 91.0 Å². The van der Waals surface area contributed by atoms with E-state index in [1.807, 2.05) is 42.5 Å². The van der Waals surface area contributed by atoms with E-state index in [9.17, 15) is 14.7 Å². The van der Waals surface area contributed by atoms with Gasteiger partial charge in [0.15, 0.2) is 0 Å². The van der Waals surface area contributed by atoms with Crippen molar-refractivity contribution in [1.29, 1.82) is 0 Å². The number of phenolic OH excluding ortho intramolecular Hbond substituents is 1. The summed E-state index contributed by atoms with van der Waals surface area (Å²) in [7, 11) is 0. The standard InChI is InChI=1S/C29H35NO3/c1-29-15-14-24-23-13-11-22(31)16-20(23)10-12-25(24)28(29)21(17-26(29)32)8-5-9-27(33)30-18-19-6-3-2-4-7-19/h2-4,6-7,11,13,16,21,24-25,28,31H,5,8-10,12,14-15,17-18H2,1H3,(H,30,33)/t21-,24?,25?,28?,29+/m0/s1. The molecular formula is C29H35NO3. The van der Waals surface area contributed by atoms with E-state index < -0.39 is 0 Å². The van der Waals surface area contributed by atoms with Crippen molar-refractivity contribution < 1.29 is 14.7 Å². The highest BCUT2D eigenvalue weighted by Crippen LogP contribution is 2.62. The van der Waals surface area contributed by atoms with Crippen LogP contribution in [0.2, 0.25) is 0 Å². The molecule has 0 heterocycles. The minimum Gasteiger partial charge on any atom is -0.508 e.